The molecule has 0 saturated carbocycles. The van der Waals surface area contributed by atoms with Gasteiger partial charge in [-0.3, -0.25) is 19.6 Å². The molecule has 1 aliphatic rings. The molecule has 0 aliphatic heterocycles. The number of nitro groups is 1. The highest BCUT2D eigenvalue weighted by Crippen LogP contribution is 2.38. The van der Waals surface area contributed by atoms with Gasteiger partial charge in [0.25, 0.3) is 0 Å². The van der Waals surface area contributed by atoms with Gasteiger partial charge in [-0.05, 0) is 34.7 Å². The number of thiazole rings is 1. The van der Waals surface area contributed by atoms with Gasteiger partial charge in [-0.1, -0.05) is 36.4 Å². The lowest BCUT2D eigenvalue weighted by atomic mass is 10.0. The lowest BCUT2D eigenvalue weighted by Gasteiger charge is -2.04. The van der Waals surface area contributed by atoms with Crippen LogP contribution in [0.3, 0.4) is 0 Å². The fourth-order valence-electron chi connectivity index (χ4n) is 3.61. The van der Waals surface area contributed by atoms with Crippen molar-refractivity contribution in [1.82, 2.24) is 14.8 Å². The van der Waals surface area contributed by atoms with E-state index in [2.05, 4.69) is 51.8 Å². The number of carbonyl (C=O) groups is 1. The lowest BCUT2D eigenvalue weighted by Crippen LogP contribution is -2.18. The average molecular weight is 417 g/mol. The summed E-state index contributed by atoms with van der Waals surface area (Å²) in [7, 11) is 0. The fraction of sp³-hybridized carbons (Fsp3) is 0.0952. The molecule has 5 rings (SSSR count). The number of anilines is 1. The number of benzene rings is 2. The molecule has 2 aromatic carbocycles. The van der Waals surface area contributed by atoms with Gasteiger partial charge in [0.1, 0.15) is 18.9 Å². The van der Waals surface area contributed by atoms with Gasteiger partial charge in [0.2, 0.25) is 5.91 Å². The largest absolute Gasteiger partial charge is 0.307 e. The summed E-state index contributed by atoms with van der Waals surface area (Å²) in [5.41, 5.74) is 6.78. The standard InChI is InChI=1S/C21H15N5O3S/c27-20(11-25-10-16(9-22-25)26(28)29)24-21-23-19(12-30-21)14-5-6-18-15(8-14)7-13-3-1-2-4-17(13)18/h1-6,8-10,12H,7,11H2,(H,23,24,27). The summed E-state index contributed by atoms with van der Waals surface area (Å²) in [6.07, 6.45) is 3.24. The summed E-state index contributed by atoms with van der Waals surface area (Å²) in [5, 5.41) is 19.6. The minimum absolute atomic E-state index is 0.125. The third-order valence-electron chi connectivity index (χ3n) is 4.98. The molecule has 148 valence electrons. The number of aromatic nitrogens is 3. The second-order valence-electron chi connectivity index (χ2n) is 6.95. The Morgan fingerprint density at radius 2 is 2.03 bits per heavy atom. The van der Waals surface area contributed by atoms with Crippen LogP contribution in [0.1, 0.15) is 11.1 Å². The van der Waals surface area contributed by atoms with Gasteiger partial charge in [-0.2, -0.15) is 5.10 Å². The maximum atomic E-state index is 12.2. The third kappa shape index (κ3) is 3.35. The SMILES string of the molecule is O=C(Cn1cc([N+](=O)[O-])cn1)Nc1nc(-c2ccc3c(c2)Cc2ccccc2-3)cs1. The zero-order valence-corrected chi connectivity index (χ0v) is 16.4. The molecule has 1 N–H and O–H groups in total. The van der Waals surface area contributed by atoms with Crippen LogP contribution in [0.25, 0.3) is 22.4 Å². The van der Waals surface area contributed by atoms with E-state index in [0.29, 0.717) is 5.13 Å². The predicted octanol–water partition coefficient (Wildman–Crippen LogP) is 4.12. The van der Waals surface area contributed by atoms with E-state index >= 15 is 0 Å². The molecule has 1 aliphatic carbocycles. The van der Waals surface area contributed by atoms with E-state index < -0.39 is 4.92 Å². The molecule has 0 unspecified atom stereocenters. The van der Waals surface area contributed by atoms with Crippen molar-refractivity contribution >= 4 is 28.1 Å². The number of carbonyl (C=O) groups excluding carboxylic acids is 1. The molecule has 0 radical (unpaired) electrons. The Hall–Kier alpha value is -3.85. The molecule has 9 heteroatoms. The Bertz CT molecular complexity index is 1290. The smallest absolute Gasteiger partial charge is 0.300 e. The van der Waals surface area contributed by atoms with Crippen LogP contribution >= 0.6 is 11.3 Å². The topological polar surface area (TPSA) is 103 Å². The number of amides is 1. The highest BCUT2D eigenvalue weighted by atomic mass is 32.1. The highest BCUT2D eigenvalue weighted by molar-refractivity contribution is 7.14. The van der Waals surface area contributed by atoms with Gasteiger partial charge in [0, 0.05) is 10.9 Å². The molecule has 0 atom stereocenters. The first-order valence-corrected chi connectivity index (χ1v) is 10.1. The molecular weight excluding hydrogens is 402 g/mol. The van der Waals surface area contributed by atoms with Crippen LogP contribution in [-0.4, -0.2) is 25.6 Å². The molecule has 30 heavy (non-hydrogen) atoms. The first-order valence-electron chi connectivity index (χ1n) is 9.20. The van der Waals surface area contributed by atoms with Gasteiger partial charge in [-0.25, -0.2) is 4.98 Å². The second kappa shape index (κ2) is 7.20. The van der Waals surface area contributed by atoms with Crippen LogP contribution in [0.2, 0.25) is 0 Å². The van der Waals surface area contributed by atoms with E-state index in [4.69, 9.17) is 0 Å². The van der Waals surface area contributed by atoms with Crippen LogP contribution in [0.15, 0.2) is 60.2 Å². The normalized spacial score (nSPS) is 11.7. The van der Waals surface area contributed by atoms with Crippen molar-refractivity contribution in [2.45, 2.75) is 13.0 Å². The molecule has 0 saturated heterocycles. The Balaban J connectivity index is 1.29. The van der Waals surface area contributed by atoms with Crippen molar-refractivity contribution in [2.75, 3.05) is 5.32 Å². The average Bonchev–Trinajstić information content (AvgIpc) is 3.45. The van der Waals surface area contributed by atoms with Crippen LogP contribution < -0.4 is 5.32 Å². The molecular formula is C21H15N5O3S. The zero-order valence-electron chi connectivity index (χ0n) is 15.6. The van der Waals surface area contributed by atoms with Crippen molar-refractivity contribution in [1.29, 1.82) is 0 Å². The molecule has 2 heterocycles. The van der Waals surface area contributed by atoms with Gasteiger partial charge in [-0.15, -0.1) is 11.3 Å². The third-order valence-corrected chi connectivity index (χ3v) is 5.73. The quantitative estimate of drug-likeness (QED) is 0.342. The van der Waals surface area contributed by atoms with E-state index in [-0.39, 0.29) is 18.1 Å². The van der Waals surface area contributed by atoms with Gasteiger partial charge in [0.15, 0.2) is 5.13 Å². The van der Waals surface area contributed by atoms with Crippen LogP contribution in [0.4, 0.5) is 10.8 Å². The zero-order chi connectivity index (χ0) is 20.7. The van der Waals surface area contributed by atoms with E-state index in [9.17, 15) is 14.9 Å². The molecule has 0 bridgehead atoms. The maximum Gasteiger partial charge on any atom is 0.307 e. The Kier molecular flexibility index (Phi) is 4.36. The minimum Gasteiger partial charge on any atom is -0.300 e. The molecule has 2 aromatic heterocycles. The summed E-state index contributed by atoms with van der Waals surface area (Å²) < 4.78 is 1.22. The van der Waals surface area contributed by atoms with E-state index in [1.165, 1.54) is 44.5 Å². The van der Waals surface area contributed by atoms with Crippen molar-refractivity contribution in [3.8, 4) is 22.4 Å². The predicted molar refractivity (Wildman–Crippen MR) is 113 cm³/mol. The maximum absolute atomic E-state index is 12.2. The van der Waals surface area contributed by atoms with Crippen molar-refractivity contribution in [2.24, 2.45) is 0 Å². The number of nitrogens with one attached hydrogen (secondary N) is 1. The monoisotopic (exact) mass is 417 g/mol. The summed E-state index contributed by atoms with van der Waals surface area (Å²) in [6, 6.07) is 14.7. The minimum atomic E-state index is -0.552. The van der Waals surface area contributed by atoms with Crippen LogP contribution in [0.5, 0.6) is 0 Å². The Morgan fingerprint density at radius 3 is 2.87 bits per heavy atom. The van der Waals surface area contributed by atoms with E-state index in [0.717, 1.165) is 23.9 Å². The number of nitrogens with zero attached hydrogens (tertiary/aromatic N) is 4. The number of rotatable bonds is 5. The second-order valence-corrected chi connectivity index (χ2v) is 7.80. The van der Waals surface area contributed by atoms with E-state index in [1.807, 2.05) is 11.4 Å². The van der Waals surface area contributed by atoms with Gasteiger partial charge < -0.3 is 5.32 Å². The Labute approximate surface area is 175 Å². The molecule has 4 aromatic rings. The van der Waals surface area contributed by atoms with E-state index in [1.54, 1.807) is 0 Å². The lowest BCUT2D eigenvalue weighted by molar-refractivity contribution is -0.385. The molecule has 8 nitrogen and oxygen atoms in total. The van der Waals surface area contributed by atoms with Crippen molar-refractivity contribution < 1.29 is 9.72 Å². The first-order chi connectivity index (χ1) is 14.6. The summed E-state index contributed by atoms with van der Waals surface area (Å²) in [4.78, 5) is 26.9. The van der Waals surface area contributed by atoms with Crippen molar-refractivity contribution in [3.05, 3.63) is 81.5 Å². The summed E-state index contributed by atoms with van der Waals surface area (Å²) in [5.74, 6) is -0.349. The van der Waals surface area contributed by atoms with Gasteiger partial charge >= 0.3 is 5.69 Å². The Morgan fingerprint density at radius 1 is 1.20 bits per heavy atom. The number of hydrogen-bond donors (Lipinski definition) is 1. The highest BCUT2D eigenvalue weighted by Gasteiger charge is 2.19. The summed E-state index contributed by atoms with van der Waals surface area (Å²) >= 11 is 1.33. The molecule has 0 fully saturated rings. The first kappa shape index (κ1) is 18.2. The van der Waals surface area contributed by atoms with Crippen molar-refractivity contribution in [3.63, 3.8) is 0 Å². The molecule has 0 spiro atoms. The summed E-state index contributed by atoms with van der Waals surface area (Å²) in [6.45, 7) is -0.125. The van der Waals surface area contributed by atoms with Gasteiger partial charge in [0.05, 0.1) is 10.6 Å². The molecule has 1 amide bonds. The van der Waals surface area contributed by atoms with Crippen LogP contribution in [-0.2, 0) is 17.8 Å². The van der Waals surface area contributed by atoms with Crippen LogP contribution in [0, 0.1) is 10.1 Å². The number of hydrogen-bond acceptors (Lipinski definition) is 6. The number of fused-ring (bicyclic) bond motifs is 3. The fourth-order valence-corrected chi connectivity index (χ4v) is 4.34.